The molecule has 0 fully saturated rings. The molecule has 0 aliphatic rings. The molecular formula is C14H21NO. The Kier molecular flexibility index (Phi) is 5.65. The lowest BCUT2D eigenvalue weighted by molar-refractivity contribution is 0.324. The molecule has 0 heterocycles. The number of hydrogen-bond acceptors (Lipinski definition) is 2. The van der Waals surface area contributed by atoms with E-state index in [0.29, 0.717) is 6.61 Å². The first kappa shape index (κ1) is 12.8. The standard InChI is InChI=1S/C14H21NO/c1-3-5-9-16-14-8-6-7-12(11-14)10-13(15)4-2/h3,6-8,11,13H,1,4-5,9-10,15H2,2H3. The number of ether oxygens (including phenoxy) is 1. The lowest BCUT2D eigenvalue weighted by Crippen LogP contribution is -2.21. The predicted octanol–water partition coefficient (Wildman–Crippen LogP) is 2.92. The number of benzene rings is 1. The minimum absolute atomic E-state index is 0.239. The van der Waals surface area contributed by atoms with Crippen LogP contribution in [-0.2, 0) is 6.42 Å². The van der Waals surface area contributed by atoms with Crippen molar-refractivity contribution >= 4 is 0 Å². The van der Waals surface area contributed by atoms with Crippen LogP contribution in [-0.4, -0.2) is 12.6 Å². The van der Waals surface area contributed by atoms with Crippen molar-refractivity contribution in [3.63, 3.8) is 0 Å². The van der Waals surface area contributed by atoms with Gasteiger partial charge in [-0.05, 0) is 37.0 Å². The summed E-state index contributed by atoms with van der Waals surface area (Å²) in [7, 11) is 0. The molecule has 2 N–H and O–H groups in total. The Labute approximate surface area is 98.1 Å². The summed E-state index contributed by atoms with van der Waals surface area (Å²) in [6.07, 6.45) is 4.65. The molecule has 0 saturated carbocycles. The molecule has 0 aliphatic heterocycles. The first-order valence-electron chi connectivity index (χ1n) is 5.84. The molecule has 16 heavy (non-hydrogen) atoms. The minimum atomic E-state index is 0.239. The maximum absolute atomic E-state index is 5.92. The lowest BCUT2D eigenvalue weighted by Gasteiger charge is -2.10. The highest BCUT2D eigenvalue weighted by Gasteiger charge is 2.02. The monoisotopic (exact) mass is 219 g/mol. The Morgan fingerprint density at radius 2 is 2.31 bits per heavy atom. The molecule has 1 atom stereocenters. The van der Waals surface area contributed by atoms with Gasteiger partial charge in [-0.3, -0.25) is 0 Å². The Balaban J connectivity index is 2.53. The summed E-state index contributed by atoms with van der Waals surface area (Å²) in [4.78, 5) is 0. The fourth-order valence-electron chi connectivity index (χ4n) is 1.47. The largest absolute Gasteiger partial charge is 0.493 e. The molecule has 2 heteroatoms. The number of rotatable bonds is 7. The number of hydrogen-bond donors (Lipinski definition) is 1. The molecule has 1 unspecified atom stereocenters. The highest BCUT2D eigenvalue weighted by atomic mass is 16.5. The summed E-state index contributed by atoms with van der Waals surface area (Å²) < 4.78 is 5.59. The summed E-state index contributed by atoms with van der Waals surface area (Å²) in [5, 5.41) is 0. The minimum Gasteiger partial charge on any atom is -0.493 e. The van der Waals surface area contributed by atoms with Gasteiger partial charge < -0.3 is 10.5 Å². The second-order valence-electron chi connectivity index (χ2n) is 3.95. The molecule has 0 aliphatic carbocycles. The van der Waals surface area contributed by atoms with Crippen molar-refractivity contribution in [2.24, 2.45) is 5.73 Å². The zero-order chi connectivity index (χ0) is 11.8. The molecule has 0 saturated heterocycles. The van der Waals surface area contributed by atoms with Gasteiger partial charge in [-0.15, -0.1) is 6.58 Å². The van der Waals surface area contributed by atoms with Crippen LogP contribution in [0.1, 0.15) is 25.3 Å². The van der Waals surface area contributed by atoms with Crippen molar-refractivity contribution in [2.75, 3.05) is 6.61 Å². The van der Waals surface area contributed by atoms with Crippen LogP contribution >= 0.6 is 0 Å². The van der Waals surface area contributed by atoms with Gasteiger partial charge in [0.25, 0.3) is 0 Å². The maximum Gasteiger partial charge on any atom is 0.119 e. The zero-order valence-corrected chi connectivity index (χ0v) is 9.99. The van der Waals surface area contributed by atoms with Gasteiger partial charge in [0.1, 0.15) is 5.75 Å². The highest BCUT2D eigenvalue weighted by Crippen LogP contribution is 2.15. The van der Waals surface area contributed by atoms with Crippen LogP contribution in [0.4, 0.5) is 0 Å². The average molecular weight is 219 g/mol. The molecule has 0 bridgehead atoms. The van der Waals surface area contributed by atoms with E-state index < -0.39 is 0 Å². The normalized spacial score (nSPS) is 12.1. The van der Waals surface area contributed by atoms with Crippen LogP contribution in [0.5, 0.6) is 5.75 Å². The Hall–Kier alpha value is -1.28. The van der Waals surface area contributed by atoms with E-state index in [1.807, 2.05) is 18.2 Å². The summed E-state index contributed by atoms with van der Waals surface area (Å²) in [5.41, 5.74) is 7.16. The average Bonchev–Trinajstić information content (AvgIpc) is 2.30. The molecule has 0 radical (unpaired) electrons. The maximum atomic E-state index is 5.92. The molecule has 2 nitrogen and oxygen atoms in total. The lowest BCUT2D eigenvalue weighted by atomic mass is 10.0. The first-order valence-corrected chi connectivity index (χ1v) is 5.84. The van der Waals surface area contributed by atoms with Gasteiger partial charge in [-0.2, -0.15) is 0 Å². The Morgan fingerprint density at radius 1 is 1.50 bits per heavy atom. The molecule has 0 spiro atoms. The van der Waals surface area contributed by atoms with Crippen molar-refractivity contribution in [1.29, 1.82) is 0 Å². The van der Waals surface area contributed by atoms with E-state index in [1.165, 1.54) is 5.56 Å². The second-order valence-corrected chi connectivity index (χ2v) is 3.95. The molecule has 88 valence electrons. The van der Waals surface area contributed by atoms with Crippen LogP contribution in [0.2, 0.25) is 0 Å². The van der Waals surface area contributed by atoms with Crippen LogP contribution < -0.4 is 10.5 Å². The van der Waals surface area contributed by atoms with Crippen LogP contribution in [0.15, 0.2) is 36.9 Å². The van der Waals surface area contributed by atoms with Gasteiger partial charge in [-0.25, -0.2) is 0 Å². The third kappa shape index (κ3) is 4.49. The van der Waals surface area contributed by atoms with Crippen molar-refractivity contribution in [3.8, 4) is 5.75 Å². The summed E-state index contributed by atoms with van der Waals surface area (Å²) in [6, 6.07) is 8.39. The van der Waals surface area contributed by atoms with E-state index in [0.717, 1.165) is 25.0 Å². The van der Waals surface area contributed by atoms with E-state index in [2.05, 4.69) is 25.6 Å². The quantitative estimate of drug-likeness (QED) is 0.565. The van der Waals surface area contributed by atoms with Gasteiger partial charge in [-0.1, -0.05) is 25.1 Å². The van der Waals surface area contributed by atoms with E-state index in [-0.39, 0.29) is 6.04 Å². The summed E-state index contributed by atoms with van der Waals surface area (Å²) in [6.45, 7) is 6.46. The topological polar surface area (TPSA) is 35.2 Å². The van der Waals surface area contributed by atoms with Crippen LogP contribution in [0.3, 0.4) is 0 Å². The van der Waals surface area contributed by atoms with Gasteiger partial charge in [0, 0.05) is 6.04 Å². The van der Waals surface area contributed by atoms with Crippen molar-refractivity contribution in [3.05, 3.63) is 42.5 Å². The van der Waals surface area contributed by atoms with Gasteiger partial charge in [0.2, 0.25) is 0 Å². The number of nitrogens with two attached hydrogens (primary N) is 1. The Bertz CT molecular complexity index is 322. The fraction of sp³-hybridized carbons (Fsp3) is 0.429. The molecule has 0 aromatic heterocycles. The predicted molar refractivity (Wildman–Crippen MR) is 68.7 cm³/mol. The summed E-state index contributed by atoms with van der Waals surface area (Å²) >= 11 is 0. The van der Waals surface area contributed by atoms with Crippen molar-refractivity contribution < 1.29 is 4.74 Å². The fourth-order valence-corrected chi connectivity index (χ4v) is 1.47. The molecule has 1 aromatic carbocycles. The second kappa shape index (κ2) is 7.07. The highest BCUT2D eigenvalue weighted by molar-refractivity contribution is 5.29. The third-order valence-corrected chi connectivity index (χ3v) is 2.51. The van der Waals surface area contributed by atoms with Crippen LogP contribution in [0, 0.1) is 0 Å². The molecule has 1 aromatic rings. The van der Waals surface area contributed by atoms with E-state index in [4.69, 9.17) is 10.5 Å². The van der Waals surface area contributed by atoms with E-state index in [1.54, 1.807) is 0 Å². The van der Waals surface area contributed by atoms with Gasteiger partial charge in [0.05, 0.1) is 6.61 Å². The van der Waals surface area contributed by atoms with Crippen molar-refractivity contribution in [2.45, 2.75) is 32.2 Å². The van der Waals surface area contributed by atoms with E-state index in [9.17, 15) is 0 Å². The van der Waals surface area contributed by atoms with Gasteiger partial charge >= 0.3 is 0 Å². The third-order valence-electron chi connectivity index (χ3n) is 2.51. The summed E-state index contributed by atoms with van der Waals surface area (Å²) in [5.74, 6) is 0.919. The SMILES string of the molecule is C=CCCOc1cccc(CC(N)CC)c1. The first-order chi connectivity index (χ1) is 7.76. The van der Waals surface area contributed by atoms with Gasteiger partial charge in [0.15, 0.2) is 0 Å². The van der Waals surface area contributed by atoms with Crippen molar-refractivity contribution in [1.82, 2.24) is 0 Å². The smallest absolute Gasteiger partial charge is 0.119 e. The molecular weight excluding hydrogens is 198 g/mol. The Morgan fingerprint density at radius 3 is 3.00 bits per heavy atom. The molecule has 0 amide bonds. The van der Waals surface area contributed by atoms with E-state index >= 15 is 0 Å². The zero-order valence-electron chi connectivity index (χ0n) is 9.99. The molecule has 1 rings (SSSR count). The van der Waals surface area contributed by atoms with Crippen LogP contribution in [0.25, 0.3) is 0 Å².